The van der Waals surface area contributed by atoms with Crippen LogP contribution in [0.15, 0.2) is 60.7 Å². The molecule has 0 nitrogen and oxygen atoms in total. The van der Waals surface area contributed by atoms with Crippen LogP contribution in [0.4, 0.5) is 0 Å². The van der Waals surface area contributed by atoms with Gasteiger partial charge in [-0.2, -0.15) is 0 Å². The Hall–Kier alpha value is -1.24. The van der Waals surface area contributed by atoms with Crippen LogP contribution in [-0.2, 0) is 0 Å². The van der Waals surface area contributed by atoms with Crippen LogP contribution in [0, 0.1) is 0 Å². The molecule has 2 heteroatoms. The van der Waals surface area contributed by atoms with Crippen molar-refractivity contribution >= 4 is 35.6 Å². The first-order chi connectivity index (χ1) is 6.95. The van der Waals surface area contributed by atoms with Gasteiger partial charge < -0.3 is 0 Å². The van der Waals surface area contributed by atoms with E-state index in [2.05, 4.69) is 60.7 Å². The minimum atomic E-state index is 0. The van der Waals surface area contributed by atoms with Crippen molar-refractivity contribution in [3.63, 3.8) is 0 Å². The molecule has 0 saturated heterocycles. The maximum absolute atomic E-state index is 2.18. The molecule has 2 aliphatic carbocycles. The van der Waals surface area contributed by atoms with Crippen LogP contribution in [0.2, 0.25) is 0 Å². The van der Waals surface area contributed by atoms with Crippen molar-refractivity contribution in [2.45, 2.75) is 0 Å². The highest BCUT2D eigenvalue weighted by molar-refractivity contribution is 5.96. The lowest BCUT2D eigenvalue weighted by Gasteiger charge is -1.96. The van der Waals surface area contributed by atoms with Gasteiger partial charge in [0.15, 0.2) is 0 Å². The molecule has 1 aromatic rings. The average molecular weight is 251 g/mol. The molecule has 16 heavy (non-hydrogen) atoms. The first-order valence-electron chi connectivity index (χ1n) is 4.82. The first-order valence-corrected chi connectivity index (χ1v) is 4.82. The third-order valence-corrected chi connectivity index (χ3v) is 2.65. The second-order valence-corrected chi connectivity index (χ2v) is 3.51. The summed E-state index contributed by atoms with van der Waals surface area (Å²) in [5.41, 5.74) is 2.65. The van der Waals surface area contributed by atoms with Crippen molar-refractivity contribution in [3.05, 3.63) is 60.7 Å². The van der Waals surface area contributed by atoms with Crippen LogP contribution < -0.4 is 0 Å². The molecule has 0 spiro atoms. The Morgan fingerprint density at radius 1 is 0.562 bits per heavy atom. The summed E-state index contributed by atoms with van der Waals surface area (Å²) in [7, 11) is 0. The zero-order valence-electron chi connectivity index (χ0n) is 8.59. The van der Waals surface area contributed by atoms with Crippen molar-refractivity contribution in [1.29, 1.82) is 0 Å². The fraction of sp³-hybridized carbons (Fsp3) is 0. The maximum Gasteiger partial charge on any atom is -0.0105 e. The van der Waals surface area contributed by atoms with E-state index < -0.39 is 0 Å². The molecule has 1 aromatic carbocycles. The number of fused-ring (bicyclic) bond motifs is 3. The number of benzene rings is 1. The smallest absolute Gasteiger partial charge is 0.0105 e. The van der Waals surface area contributed by atoms with Crippen molar-refractivity contribution in [1.82, 2.24) is 0 Å². The highest BCUT2D eigenvalue weighted by Crippen LogP contribution is 2.29. The van der Waals surface area contributed by atoms with Gasteiger partial charge in [-0.05, 0) is 21.9 Å². The summed E-state index contributed by atoms with van der Waals surface area (Å²) >= 11 is 0. The van der Waals surface area contributed by atoms with Gasteiger partial charge in [0.05, 0.1) is 0 Å². The monoisotopic (exact) mass is 250 g/mol. The number of rotatable bonds is 0. The van der Waals surface area contributed by atoms with Crippen molar-refractivity contribution in [2.75, 3.05) is 0 Å². The fourth-order valence-corrected chi connectivity index (χ4v) is 1.97. The van der Waals surface area contributed by atoms with E-state index in [0.717, 1.165) is 0 Å². The van der Waals surface area contributed by atoms with Crippen LogP contribution in [0.1, 0.15) is 0 Å². The van der Waals surface area contributed by atoms with E-state index in [1.54, 1.807) is 0 Å². The minimum absolute atomic E-state index is 0. The van der Waals surface area contributed by atoms with E-state index >= 15 is 0 Å². The first kappa shape index (κ1) is 12.8. The van der Waals surface area contributed by atoms with Crippen LogP contribution in [0.3, 0.4) is 0 Å². The summed E-state index contributed by atoms with van der Waals surface area (Å²) in [5.74, 6) is 0. The predicted molar refractivity (Wildman–Crippen MR) is 75.1 cm³/mol. The van der Waals surface area contributed by atoms with Gasteiger partial charge in [-0.25, -0.2) is 0 Å². The Balaban J connectivity index is 0.000000640. The fourth-order valence-electron chi connectivity index (χ4n) is 1.97. The summed E-state index contributed by atoms with van der Waals surface area (Å²) in [6.07, 6.45) is 0. The van der Waals surface area contributed by atoms with Gasteiger partial charge in [0.1, 0.15) is 0 Å². The van der Waals surface area contributed by atoms with Gasteiger partial charge in [0, 0.05) is 0 Å². The maximum atomic E-state index is 2.18. The van der Waals surface area contributed by atoms with Crippen LogP contribution in [0.25, 0.3) is 21.9 Å². The zero-order valence-corrected chi connectivity index (χ0v) is 10.2. The lowest BCUT2D eigenvalue weighted by atomic mass is 10.1. The van der Waals surface area contributed by atoms with E-state index in [4.69, 9.17) is 0 Å². The Morgan fingerprint density at radius 3 is 2.00 bits per heavy atom. The van der Waals surface area contributed by atoms with Crippen LogP contribution in [-0.4, -0.2) is 0 Å². The van der Waals surface area contributed by atoms with E-state index in [0.29, 0.717) is 0 Å². The summed E-state index contributed by atoms with van der Waals surface area (Å²) in [6, 6.07) is 21.4. The molecule has 0 atom stereocenters. The highest BCUT2D eigenvalue weighted by Gasteiger charge is 2.02. The predicted octanol–water partition coefficient (Wildman–Crippen LogP) is 4.79. The van der Waals surface area contributed by atoms with Crippen LogP contribution in [0.5, 0.6) is 0 Å². The summed E-state index contributed by atoms with van der Waals surface area (Å²) in [5, 5.41) is 2.63. The van der Waals surface area contributed by atoms with Gasteiger partial charge in [0.25, 0.3) is 0 Å². The molecule has 0 heterocycles. The Kier molecular flexibility index (Phi) is 4.17. The van der Waals surface area contributed by atoms with Gasteiger partial charge in [-0.1, -0.05) is 60.7 Å². The molecule has 0 amide bonds. The molecule has 0 aliphatic heterocycles. The third-order valence-electron chi connectivity index (χ3n) is 2.65. The molecule has 0 unspecified atom stereocenters. The topological polar surface area (TPSA) is 0 Å². The Bertz CT molecular complexity index is 560. The second kappa shape index (κ2) is 5.20. The van der Waals surface area contributed by atoms with Crippen LogP contribution >= 0.6 is 24.8 Å². The lowest BCUT2D eigenvalue weighted by Crippen LogP contribution is -1.70. The second-order valence-electron chi connectivity index (χ2n) is 3.51. The molecule has 0 fully saturated rings. The molecule has 3 rings (SSSR count). The van der Waals surface area contributed by atoms with Crippen molar-refractivity contribution in [2.24, 2.45) is 0 Å². The minimum Gasteiger partial charge on any atom is -0.147 e. The van der Waals surface area contributed by atoms with E-state index in [-0.39, 0.29) is 24.8 Å². The molecule has 0 aromatic heterocycles. The highest BCUT2D eigenvalue weighted by atomic mass is 35.5. The van der Waals surface area contributed by atoms with Crippen molar-refractivity contribution in [3.8, 4) is 11.1 Å². The average Bonchev–Trinajstić information content (AvgIpc) is 2.61. The van der Waals surface area contributed by atoms with Gasteiger partial charge >= 0.3 is 0 Å². The zero-order chi connectivity index (χ0) is 9.38. The van der Waals surface area contributed by atoms with Crippen molar-refractivity contribution < 1.29 is 0 Å². The normalized spacial score (nSPS) is 9.50. The molecule has 0 saturated carbocycles. The number of hydrogen-bond donors (Lipinski definition) is 0. The van der Waals surface area contributed by atoms with E-state index in [1.807, 2.05) is 0 Å². The van der Waals surface area contributed by atoms with Gasteiger partial charge in [-0.3, -0.25) is 0 Å². The number of hydrogen-bond acceptors (Lipinski definition) is 0. The summed E-state index contributed by atoms with van der Waals surface area (Å²) < 4.78 is 0. The number of halogens is 2. The third kappa shape index (κ3) is 1.99. The van der Waals surface area contributed by atoms with Gasteiger partial charge in [-0.15, -0.1) is 24.8 Å². The molecule has 0 radical (unpaired) electrons. The Morgan fingerprint density at radius 2 is 1.19 bits per heavy atom. The molecule has 0 bridgehead atoms. The largest absolute Gasteiger partial charge is 0.147 e. The molecule has 82 valence electrons. The quantitative estimate of drug-likeness (QED) is 0.539. The molecule has 0 N–H and O–H groups in total. The molecule has 2 aliphatic rings. The van der Waals surface area contributed by atoms with E-state index in [1.165, 1.54) is 21.9 Å². The molecular formula is C14H12Cl2. The Labute approximate surface area is 107 Å². The SMILES string of the molecule is Cl.Cl.c1cc2cccc3ccccc3c-2c1. The lowest BCUT2D eigenvalue weighted by molar-refractivity contribution is 1.81. The summed E-state index contributed by atoms with van der Waals surface area (Å²) in [4.78, 5) is 0. The standard InChI is InChI=1S/C14H10.2ClH/c1-2-9-13-11(5-1)6-3-7-12-8-4-10-14(12)13;;/h1-10H;2*1H. The van der Waals surface area contributed by atoms with E-state index in [9.17, 15) is 0 Å². The summed E-state index contributed by atoms with van der Waals surface area (Å²) in [6.45, 7) is 0. The molecular weight excluding hydrogens is 239 g/mol. The van der Waals surface area contributed by atoms with Gasteiger partial charge in [0.2, 0.25) is 0 Å².